The smallest absolute Gasteiger partial charge is 0.410 e. The minimum absolute atomic E-state index is 0.106. The van der Waals surface area contributed by atoms with E-state index >= 15 is 0 Å². The zero-order valence-corrected chi connectivity index (χ0v) is 43.9. The quantitative estimate of drug-likeness (QED) is 0.0356. The molecule has 4 aliphatic rings. The average Bonchev–Trinajstić information content (AvgIpc) is 4.05. The number of amides is 1. The van der Waals surface area contributed by atoms with Crippen LogP contribution in [0.2, 0.25) is 36.3 Å². The summed E-state index contributed by atoms with van der Waals surface area (Å²) in [6.07, 6.45) is 23.4. The van der Waals surface area contributed by atoms with E-state index in [1.54, 1.807) is 0 Å². The van der Waals surface area contributed by atoms with E-state index in [-0.39, 0.29) is 47.4 Å². The van der Waals surface area contributed by atoms with Gasteiger partial charge in [0.1, 0.15) is 12.2 Å². The molecule has 0 aromatic carbocycles. The van der Waals surface area contributed by atoms with Gasteiger partial charge in [0.15, 0.2) is 16.6 Å². The van der Waals surface area contributed by atoms with Gasteiger partial charge in [-0.3, -0.25) is 9.69 Å². The molecule has 4 rings (SSSR count). The number of esters is 1. The zero-order chi connectivity index (χ0) is 45.7. The molecule has 0 spiro atoms. The van der Waals surface area contributed by atoms with Crippen molar-refractivity contribution in [3.63, 3.8) is 0 Å². The number of rotatable bonds is 17. The normalized spacial score (nSPS) is 28.0. The molecule has 8 atom stereocenters. The third kappa shape index (κ3) is 15.4. The Morgan fingerprint density at radius 3 is 2.11 bits per heavy atom. The minimum atomic E-state index is -1.99. The minimum Gasteiger partial charge on any atom is -0.457 e. The van der Waals surface area contributed by atoms with Gasteiger partial charge >= 0.3 is 12.1 Å². The maximum Gasteiger partial charge on any atom is 0.410 e. The van der Waals surface area contributed by atoms with Crippen molar-refractivity contribution < 1.29 is 32.7 Å². The van der Waals surface area contributed by atoms with Crippen LogP contribution in [0.3, 0.4) is 0 Å². The predicted octanol–water partition coefficient (Wildman–Crippen LogP) is 12.8. The zero-order valence-electron chi connectivity index (χ0n) is 41.9. The van der Waals surface area contributed by atoms with Crippen molar-refractivity contribution in [2.75, 3.05) is 26.2 Å². The summed E-state index contributed by atoms with van der Waals surface area (Å²) in [4.78, 5) is 31.2. The first-order valence-corrected chi connectivity index (χ1v) is 30.7. The molecule has 11 heteroatoms. The van der Waals surface area contributed by atoms with E-state index in [1.165, 1.54) is 38.5 Å². The molecule has 3 fully saturated rings. The number of carbonyl (C=O) groups excluding carboxylic acids is 2. The molecule has 3 aliphatic heterocycles. The van der Waals surface area contributed by atoms with Gasteiger partial charge in [0.25, 0.3) is 0 Å². The fourth-order valence-corrected chi connectivity index (χ4v) is 14.5. The average molecular weight is 901 g/mol. The molecule has 0 radical (unpaired) electrons. The Hall–Kier alpha value is -1.77. The maximum atomic E-state index is 13.5. The number of nitrogens with zero attached hydrogens (tertiary/aromatic N) is 2. The van der Waals surface area contributed by atoms with Gasteiger partial charge < -0.3 is 28.0 Å². The lowest BCUT2D eigenvalue weighted by molar-refractivity contribution is -0.148. The van der Waals surface area contributed by atoms with Crippen LogP contribution in [0.5, 0.6) is 0 Å². The second-order valence-electron chi connectivity index (χ2n) is 21.3. The lowest BCUT2D eigenvalue weighted by Crippen LogP contribution is -2.52. The second-order valence-corrected chi connectivity index (χ2v) is 30.7. The Balaban J connectivity index is 1.46. The number of hydrogen-bond acceptors (Lipinski definition) is 8. The van der Waals surface area contributed by atoms with Crippen molar-refractivity contribution >= 4 is 28.7 Å². The molecule has 0 bridgehead atoms. The van der Waals surface area contributed by atoms with E-state index in [0.29, 0.717) is 18.4 Å². The van der Waals surface area contributed by atoms with Crippen LogP contribution in [0.15, 0.2) is 36.0 Å². The van der Waals surface area contributed by atoms with Gasteiger partial charge in [-0.15, -0.1) is 0 Å². The number of carbonyl (C=O) groups is 2. The number of ether oxygens (including phenoxy) is 3. The summed E-state index contributed by atoms with van der Waals surface area (Å²) in [7, 11) is -3.92. The molecule has 9 nitrogen and oxygen atoms in total. The summed E-state index contributed by atoms with van der Waals surface area (Å²) < 4.78 is 33.2. The molecule has 1 saturated carbocycles. The summed E-state index contributed by atoms with van der Waals surface area (Å²) in [6.45, 7) is 32.7. The molecule has 2 saturated heterocycles. The van der Waals surface area contributed by atoms with Gasteiger partial charge in [-0.2, -0.15) is 0 Å². The van der Waals surface area contributed by atoms with Crippen LogP contribution in [0.1, 0.15) is 160 Å². The topological polar surface area (TPSA) is 90.1 Å². The third-order valence-electron chi connectivity index (χ3n) is 15.5. The summed E-state index contributed by atoms with van der Waals surface area (Å²) in [5.74, 6) is 0.0163. The van der Waals surface area contributed by atoms with Gasteiger partial charge in [0.05, 0.1) is 17.8 Å². The number of allylic oxidation sites excluding steroid dienone is 2. The largest absolute Gasteiger partial charge is 0.457 e. The highest BCUT2D eigenvalue weighted by atomic mass is 28.4. The summed E-state index contributed by atoms with van der Waals surface area (Å²) in [6, 6.07) is 3.86. The highest BCUT2D eigenvalue weighted by Crippen LogP contribution is 2.44. The molecule has 0 aromatic heterocycles. The molecule has 0 aromatic rings. The van der Waals surface area contributed by atoms with E-state index in [4.69, 9.17) is 23.1 Å². The maximum absolute atomic E-state index is 13.5. The summed E-state index contributed by atoms with van der Waals surface area (Å²) in [5.41, 5.74) is 0.457. The SMILES string of the molecule is CC[C@H](O[Si](C)(C)C(C)(C)C)[C@@H](C)[C@H]1O[C@@H]1C[C@](C)(C=CC=C(C)[C@H]1OC(=O)CCCCC[C@@H](OC(=O)N2CCN(C3CCCCCC3)CC2)C=C[C@@H]1C)O[Si](CC)(CC)CC. The predicted molar refractivity (Wildman–Crippen MR) is 261 cm³/mol. The van der Waals surface area contributed by atoms with Crippen molar-refractivity contribution in [2.45, 2.75) is 238 Å². The van der Waals surface area contributed by atoms with Gasteiger partial charge in [-0.05, 0) is 100 Å². The van der Waals surface area contributed by atoms with Gasteiger partial charge in [-0.1, -0.05) is 119 Å². The van der Waals surface area contributed by atoms with Gasteiger partial charge in [-0.25, -0.2) is 4.79 Å². The van der Waals surface area contributed by atoms with Crippen LogP contribution < -0.4 is 0 Å². The molecular formula is C51H92N2O7Si2. The number of piperazine rings is 1. The molecule has 1 aliphatic carbocycles. The first kappa shape index (κ1) is 52.9. The molecule has 62 heavy (non-hydrogen) atoms. The van der Waals surface area contributed by atoms with Gasteiger partial charge in [0.2, 0.25) is 0 Å². The standard InChI is InChI=1S/C51H92N2O7Si2/c1-14-44(59-61(12,13)50(8,9)10)41(7)48-45(57-48)38-51(11,60-62(15-2,16-3)17-4)33-25-26-39(5)47-40(6)31-32-43(29-23-20-24-30-46(54)58-47)56-49(55)53-36-34-52(35-37-53)42-27-21-18-19-22-28-42/h25-26,31-33,40-45,47-48H,14-24,27-30,34-38H2,1-13H3/t40-,41+,43+,44-,45+,47+,48+,51-/m0/s1. The Morgan fingerprint density at radius 1 is 0.903 bits per heavy atom. The highest BCUT2D eigenvalue weighted by Gasteiger charge is 2.51. The number of epoxide rings is 1. The second kappa shape index (κ2) is 24.1. The Kier molecular flexibility index (Phi) is 20.6. The lowest BCUT2D eigenvalue weighted by Gasteiger charge is -2.41. The fourth-order valence-electron chi connectivity index (χ4n) is 9.91. The van der Waals surface area contributed by atoms with Crippen LogP contribution in [-0.4, -0.2) is 107 Å². The molecule has 356 valence electrons. The fraction of sp³-hybridized carbons (Fsp3) is 0.843. The van der Waals surface area contributed by atoms with Crippen molar-refractivity contribution in [1.29, 1.82) is 0 Å². The third-order valence-corrected chi connectivity index (χ3v) is 24.8. The monoisotopic (exact) mass is 901 g/mol. The van der Waals surface area contributed by atoms with E-state index < -0.39 is 28.3 Å². The van der Waals surface area contributed by atoms with Crippen molar-refractivity contribution in [3.05, 3.63) is 36.0 Å². The Morgan fingerprint density at radius 2 is 1.52 bits per heavy atom. The van der Waals surface area contributed by atoms with E-state index in [1.807, 2.05) is 11.0 Å². The first-order chi connectivity index (χ1) is 29.3. The Bertz CT molecular complexity index is 1470. The molecule has 1 amide bonds. The first-order valence-electron chi connectivity index (χ1n) is 25.3. The van der Waals surface area contributed by atoms with Crippen LogP contribution in [0, 0.1) is 11.8 Å². The van der Waals surface area contributed by atoms with E-state index in [9.17, 15) is 9.59 Å². The summed E-state index contributed by atoms with van der Waals surface area (Å²) >= 11 is 0. The van der Waals surface area contributed by atoms with Crippen molar-refractivity contribution in [3.8, 4) is 0 Å². The van der Waals surface area contributed by atoms with Gasteiger partial charge in [0, 0.05) is 63.0 Å². The van der Waals surface area contributed by atoms with Crippen LogP contribution >= 0.6 is 0 Å². The number of cyclic esters (lactones) is 1. The molecule has 0 N–H and O–H groups in total. The van der Waals surface area contributed by atoms with Crippen molar-refractivity contribution in [1.82, 2.24) is 9.80 Å². The van der Waals surface area contributed by atoms with E-state index in [0.717, 1.165) is 88.4 Å². The van der Waals surface area contributed by atoms with Crippen LogP contribution in [-0.2, 0) is 27.9 Å². The summed E-state index contributed by atoms with van der Waals surface area (Å²) in [5, 5.41) is 0.154. The van der Waals surface area contributed by atoms with Crippen LogP contribution in [0.25, 0.3) is 0 Å². The van der Waals surface area contributed by atoms with Crippen molar-refractivity contribution in [2.24, 2.45) is 11.8 Å². The molecule has 0 unspecified atom stereocenters. The highest BCUT2D eigenvalue weighted by molar-refractivity contribution is 6.74. The van der Waals surface area contributed by atoms with Crippen LogP contribution in [0.4, 0.5) is 4.79 Å². The number of hydrogen-bond donors (Lipinski definition) is 0. The van der Waals surface area contributed by atoms with E-state index in [2.05, 4.69) is 118 Å². The molecular weight excluding hydrogens is 809 g/mol. The Labute approximate surface area is 381 Å². The lowest BCUT2D eigenvalue weighted by atomic mass is 9.91. The molecule has 3 heterocycles.